The van der Waals surface area contributed by atoms with Crippen molar-refractivity contribution in [3.63, 3.8) is 0 Å². The van der Waals surface area contributed by atoms with Gasteiger partial charge in [0.2, 0.25) is 0 Å². The third-order valence-electron chi connectivity index (χ3n) is 6.66. The first-order chi connectivity index (χ1) is 18.4. The van der Waals surface area contributed by atoms with Crippen LogP contribution in [0.15, 0.2) is 52.3 Å². The second-order valence-electron chi connectivity index (χ2n) is 9.60. The number of anilines is 1. The fraction of sp³-hybridized carbons (Fsp3) is 0.357. The van der Waals surface area contributed by atoms with Crippen molar-refractivity contribution in [1.82, 2.24) is 19.2 Å². The zero-order valence-electron chi connectivity index (χ0n) is 21.6. The Balaban J connectivity index is 1.40. The summed E-state index contributed by atoms with van der Waals surface area (Å²) in [6.45, 7) is 9.34. The van der Waals surface area contributed by atoms with E-state index < -0.39 is 0 Å². The van der Waals surface area contributed by atoms with Crippen LogP contribution in [0.1, 0.15) is 28.7 Å². The molecule has 1 amide bonds. The Hall–Kier alpha value is -3.05. The van der Waals surface area contributed by atoms with Crippen LogP contribution in [0.25, 0.3) is 11.7 Å². The molecule has 0 spiro atoms. The summed E-state index contributed by atoms with van der Waals surface area (Å²) in [7, 11) is 0. The Labute approximate surface area is 231 Å². The summed E-state index contributed by atoms with van der Waals surface area (Å²) in [5, 5.41) is 3.36. The van der Waals surface area contributed by atoms with Gasteiger partial charge in [-0.3, -0.25) is 23.8 Å². The van der Waals surface area contributed by atoms with Gasteiger partial charge in [-0.15, -0.1) is 0 Å². The molecule has 0 aliphatic carbocycles. The topological polar surface area (TPSA) is 79.2 Å². The summed E-state index contributed by atoms with van der Waals surface area (Å²) >= 11 is 6.76. The van der Waals surface area contributed by atoms with Crippen LogP contribution in [0.4, 0.5) is 5.82 Å². The highest BCUT2D eigenvalue weighted by Crippen LogP contribution is 2.34. The van der Waals surface area contributed by atoms with Crippen molar-refractivity contribution >= 4 is 51.7 Å². The molecule has 0 bridgehead atoms. The van der Waals surface area contributed by atoms with Crippen molar-refractivity contribution in [2.24, 2.45) is 0 Å². The lowest BCUT2D eigenvalue weighted by Crippen LogP contribution is -2.37. The molecule has 0 atom stereocenters. The number of pyridine rings is 1. The second-order valence-corrected chi connectivity index (χ2v) is 11.3. The Morgan fingerprint density at radius 3 is 2.58 bits per heavy atom. The van der Waals surface area contributed by atoms with E-state index in [1.807, 2.05) is 50.2 Å². The lowest BCUT2D eigenvalue weighted by molar-refractivity contribution is -0.122. The third kappa shape index (κ3) is 5.99. The molecule has 2 aromatic heterocycles. The molecule has 2 aliphatic heterocycles. The zero-order valence-corrected chi connectivity index (χ0v) is 23.2. The van der Waals surface area contributed by atoms with Crippen LogP contribution in [0, 0.1) is 13.8 Å². The standard InChI is InChI=1S/C28H31N5O3S2/c1-19-4-7-21(8-5-19)18-33-27(35)23(38-28(33)37)16-22-25(29-10-3-11-31-12-14-36-15-13-31)30-24-9-6-20(2)17-32(24)26(22)34/h4-9,16-17,29H,3,10-15,18H2,1-2H3. The van der Waals surface area contributed by atoms with Crippen molar-refractivity contribution in [2.75, 3.05) is 44.7 Å². The second kappa shape index (κ2) is 11.8. The summed E-state index contributed by atoms with van der Waals surface area (Å²) < 4.78 is 7.44. The largest absolute Gasteiger partial charge is 0.379 e. The molecule has 0 saturated carbocycles. The van der Waals surface area contributed by atoms with E-state index in [9.17, 15) is 9.59 Å². The highest BCUT2D eigenvalue weighted by atomic mass is 32.2. The van der Waals surface area contributed by atoms with Crippen LogP contribution in [0.5, 0.6) is 0 Å². The van der Waals surface area contributed by atoms with Crippen LogP contribution in [-0.2, 0) is 16.1 Å². The average molecular weight is 550 g/mol. The molecule has 1 N–H and O–H groups in total. The number of carbonyl (C=O) groups excluding carboxylic acids is 1. The number of nitrogens with zero attached hydrogens (tertiary/aromatic N) is 4. The van der Waals surface area contributed by atoms with Crippen molar-refractivity contribution in [3.8, 4) is 0 Å². The number of thiocarbonyl (C=S) groups is 1. The zero-order chi connectivity index (χ0) is 26.6. The maximum absolute atomic E-state index is 13.6. The molecular weight excluding hydrogens is 518 g/mol. The molecular formula is C28H31N5O3S2. The number of fused-ring (bicyclic) bond motifs is 1. The number of carbonyl (C=O) groups is 1. The van der Waals surface area contributed by atoms with Crippen LogP contribution in [-0.4, -0.2) is 68.8 Å². The average Bonchev–Trinajstić information content (AvgIpc) is 3.18. The van der Waals surface area contributed by atoms with E-state index in [0.717, 1.165) is 56.0 Å². The third-order valence-corrected chi connectivity index (χ3v) is 8.04. The molecule has 0 radical (unpaired) electrons. The number of hydrogen-bond acceptors (Lipinski definition) is 8. The van der Waals surface area contributed by atoms with E-state index in [0.29, 0.717) is 39.3 Å². The molecule has 198 valence electrons. The summed E-state index contributed by atoms with van der Waals surface area (Å²) in [5.74, 6) is 0.275. The van der Waals surface area contributed by atoms with Crippen LogP contribution in [0.3, 0.4) is 0 Å². The van der Waals surface area contributed by atoms with Crippen molar-refractivity contribution < 1.29 is 9.53 Å². The Kier molecular flexibility index (Phi) is 8.23. The SMILES string of the molecule is Cc1ccc(CN2C(=O)C(=Cc3c(NCCCN4CCOCC4)nc4ccc(C)cn4c3=O)SC2=S)cc1. The molecule has 8 nitrogen and oxygen atoms in total. The van der Waals surface area contributed by atoms with E-state index in [2.05, 4.69) is 10.2 Å². The molecule has 2 saturated heterocycles. The Morgan fingerprint density at radius 1 is 1.08 bits per heavy atom. The number of rotatable bonds is 8. The quantitative estimate of drug-likeness (QED) is 0.258. The van der Waals surface area contributed by atoms with Gasteiger partial charge in [0.05, 0.1) is 30.2 Å². The maximum atomic E-state index is 13.6. The first-order valence-electron chi connectivity index (χ1n) is 12.8. The summed E-state index contributed by atoms with van der Waals surface area (Å²) in [6.07, 6.45) is 4.31. The molecule has 2 aliphatic rings. The maximum Gasteiger partial charge on any atom is 0.267 e. The van der Waals surface area contributed by atoms with Gasteiger partial charge in [-0.2, -0.15) is 0 Å². The first-order valence-corrected chi connectivity index (χ1v) is 14.0. The molecule has 5 rings (SSSR count). The number of nitrogens with one attached hydrogen (secondary N) is 1. The smallest absolute Gasteiger partial charge is 0.267 e. The molecule has 10 heteroatoms. The van der Waals surface area contributed by atoms with Gasteiger partial charge < -0.3 is 10.1 Å². The number of morpholine rings is 1. The minimum Gasteiger partial charge on any atom is -0.379 e. The number of aromatic nitrogens is 2. The number of ether oxygens (including phenoxy) is 1. The van der Waals surface area contributed by atoms with Crippen molar-refractivity contribution in [3.05, 3.63) is 80.1 Å². The normalized spacial score (nSPS) is 17.6. The molecule has 38 heavy (non-hydrogen) atoms. The van der Waals surface area contributed by atoms with Gasteiger partial charge >= 0.3 is 0 Å². The van der Waals surface area contributed by atoms with Crippen LogP contribution in [0.2, 0.25) is 0 Å². The molecule has 1 aromatic carbocycles. The van der Waals surface area contributed by atoms with Gasteiger partial charge in [0.1, 0.15) is 15.8 Å². The summed E-state index contributed by atoms with van der Waals surface area (Å²) in [5.41, 5.74) is 3.79. The first kappa shape index (κ1) is 26.6. The highest BCUT2D eigenvalue weighted by molar-refractivity contribution is 8.26. The van der Waals surface area contributed by atoms with Crippen LogP contribution < -0.4 is 10.9 Å². The molecule has 0 unspecified atom stereocenters. The summed E-state index contributed by atoms with van der Waals surface area (Å²) in [6, 6.07) is 11.8. The minimum atomic E-state index is -0.224. The minimum absolute atomic E-state index is 0.201. The van der Waals surface area contributed by atoms with Gasteiger partial charge in [0.25, 0.3) is 11.5 Å². The molecule has 3 aromatic rings. The number of aryl methyl sites for hydroxylation is 2. The Bertz CT molecular complexity index is 1450. The monoisotopic (exact) mass is 549 g/mol. The van der Waals surface area contributed by atoms with Crippen molar-refractivity contribution in [1.29, 1.82) is 0 Å². The van der Waals surface area contributed by atoms with Gasteiger partial charge in [-0.25, -0.2) is 4.98 Å². The van der Waals surface area contributed by atoms with E-state index in [1.165, 1.54) is 16.2 Å². The highest BCUT2D eigenvalue weighted by Gasteiger charge is 2.32. The van der Waals surface area contributed by atoms with Gasteiger partial charge in [-0.1, -0.05) is 59.9 Å². The van der Waals surface area contributed by atoms with E-state index in [-0.39, 0.29) is 11.5 Å². The van der Waals surface area contributed by atoms with E-state index >= 15 is 0 Å². The molecule has 4 heterocycles. The lowest BCUT2D eigenvalue weighted by atomic mass is 10.1. The van der Waals surface area contributed by atoms with Crippen LogP contribution >= 0.6 is 24.0 Å². The number of thioether (sulfide) groups is 1. The summed E-state index contributed by atoms with van der Waals surface area (Å²) in [4.78, 5) is 36.1. The van der Waals surface area contributed by atoms with E-state index in [1.54, 1.807) is 17.2 Å². The fourth-order valence-electron chi connectivity index (χ4n) is 4.50. The van der Waals surface area contributed by atoms with Gasteiger partial charge in [0, 0.05) is 25.8 Å². The van der Waals surface area contributed by atoms with E-state index in [4.69, 9.17) is 21.9 Å². The number of hydrogen-bond donors (Lipinski definition) is 1. The molecule has 2 fully saturated rings. The number of benzene rings is 1. The van der Waals surface area contributed by atoms with Gasteiger partial charge in [0.15, 0.2) is 0 Å². The van der Waals surface area contributed by atoms with Gasteiger partial charge in [-0.05, 0) is 50.1 Å². The number of amides is 1. The van der Waals surface area contributed by atoms with Crippen molar-refractivity contribution in [2.45, 2.75) is 26.8 Å². The predicted octanol–water partition coefficient (Wildman–Crippen LogP) is 3.85. The fourth-order valence-corrected chi connectivity index (χ4v) is 5.74. The lowest BCUT2D eigenvalue weighted by Gasteiger charge is -2.26. The Morgan fingerprint density at radius 2 is 1.82 bits per heavy atom. The predicted molar refractivity (Wildman–Crippen MR) is 156 cm³/mol.